The molecule has 6 atom stereocenters. The van der Waals surface area contributed by atoms with E-state index in [1.54, 1.807) is 23.9 Å². The van der Waals surface area contributed by atoms with Crippen molar-refractivity contribution < 1.29 is 29.0 Å². The summed E-state index contributed by atoms with van der Waals surface area (Å²) in [6.07, 6.45) is 16.6. The molecule has 5 aliphatic carbocycles. The SMILES string of the molecule is CCOC(=O)c1cnn(CCCOC(=O)[C@]2(C)CC[C@]3(C)CC[C@]4(C)C5=CC=C6C(=CC(=O)C(O)=C6C)[C@]5(C)CC[C@@]4(C)[C@@H]3C2)c1. The van der Waals surface area contributed by atoms with E-state index in [2.05, 4.69) is 51.9 Å². The summed E-state index contributed by atoms with van der Waals surface area (Å²) in [5.74, 6) is -0.597. The maximum absolute atomic E-state index is 13.8. The molecule has 1 aromatic heterocycles. The molecule has 46 heavy (non-hydrogen) atoms. The summed E-state index contributed by atoms with van der Waals surface area (Å²) in [5.41, 5.74) is 3.72. The number of nitrogens with zero attached hydrogens (tertiary/aromatic N) is 2. The number of hydrogen-bond donors (Lipinski definition) is 1. The van der Waals surface area contributed by atoms with Crippen LogP contribution in [-0.4, -0.2) is 45.8 Å². The second-order valence-electron chi connectivity index (χ2n) is 15.8. The molecule has 1 aromatic rings. The fourth-order valence-corrected chi connectivity index (χ4v) is 10.0. The van der Waals surface area contributed by atoms with Crippen LogP contribution in [0.15, 0.2) is 58.7 Å². The van der Waals surface area contributed by atoms with Gasteiger partial charge in [0.15, 0.2) is 5.76 Å². The Hall–Kier alpha value is -3.42. The molecule has 1 heterocycles. The molecule has 3 fully saturated rings. The quantitative estimate of drug-likeness (QED) is 0.244. The Labute approximate surface area is 273 Å². The predicted octanol–water partition coefficient (Wildman–Crippen LogP) is 7.62. The monoisotopic (exact) mass is 630 g/mol. The standard InChI is InChI=1S/C38H50N2O6/c1-8-45-32(43)25-22-39-40(23-25)18-9-19-46-33(44)35(4)13-12-34(3)14-16-37(6)29-11-10-26-24(2)31(42)28(41)20-27(26)36(29,5)15-17-38(37,7)30(34)21-35/h10-11,20,22-23,30,42H,8-9,12-19,21H2,1-7H3/t30-,34-,35-,36+,37-,38+/m1/s1. The Bertz CT molecular complexity index is 1610. The summed E-state index contributed by atoms with van der Waals surface area (Å²) < 4.78 is 12.7. The highest BCUT2D eigenvalue weighted by Gasteiger charge is 2.67. The van der Waals surface area contributed by atoms with Gasteiger partial charge in [0.2, 0.25) is 5.78 Å². The first-order chi connectivity index (χ1) is 21.6. The second kappa shape index (κ2) is 11.1. The van der Waals surface area contributed by atoms with Gasteiger partial charge in [-0.15, -0.1) is 0 Å². The predicted molar refractivity (Wildman–Crippen MR) is 175 cm³/mol. The topological polar surface area (TPSA) is 108 Å². The molecular formula is C38H50N2O6. The van der Waals surface area contributed by atoms with E-state index in [1.807, 2.05) is 6.92 Å². The molecule has 0 spiro atoms. The van der Waals surface area contributed by atoms with Crippen molar-refractivity contribution in [3.63, 3.8) is 0 Å². The average molecular weight is 631 g/mol. The van der Waals surface area contributed by atoms with E-state index in [0.29, 0.717) is 43.2 Å². The summed E-state index contributed by atoms with van der Waals surface area (Å²) in [5, 5.41) is 14.7. The van der Waals surface area contributed by atoms with E-state index in [-0.39, 0.29) is 45.1 Å². The number of fused-ring (bicyclic) bond motifs is 7. The third-order valence-electron chi connectivity index (χ3n) is 13.3. The normalized spacial score (nSPS) is 36.7. The molecule has 0 unspecified atom stereocenters. The molecule has 0 amide bonds. The minimum atomic E-state index is -0.555. The van der Waals surface area contributed by atoms with Crippen molar-refractivity contribution in [2.24, 2.45) is 33.0 Å². The molecule has 3 saturated carbocycles. The largest absolute Gasteiger partial charge is 0.504 e. The molecule has 8 heteroatoms. The Kier molecular flexibility index (Phi) is 7.84. The molecule has 0 saturated heterocycles. The lowest BCUT2D eigenvalue weighted by Gasteiger charge is -2.70. The van der Waals surface area contributed by atoms with Crippen LogP contribution in [0, 0.1) is 33.0 Å². The molecule has 1 N–H and O–H groups in total. The van der Waals surface area contributed by atoms with Gasteiger partial charge in [0, 0.05) is 30.2 Å². The van der Waals surface area contributed by atoms with Crippen LogP contribution in [0.2, 0.25) is 0 Å². The lowest BCUT2D eigenvalue weighted by molar-refractivity contribution is -0.182. The lowest BCUT2D eigenvalue weighted by Crippen LogP contribution is -2.62. The molecule has 0 radical (unpaired) electrons. The number of ketones is 1. The Morgan fingerprint density at radius 1 is 1.02 bits per heavy atom. The van der Waals surface area contributed by atoms with Crippen molar-refractivity contribution in [1.29, 1.82) is 0 Å². The highest BCUT2D eigenvalue weighted by Crippen LogP contribution is 2.75. The van der Waals surface area contributed by atoms with Crippen molar-refractivity contribution in [3.05, 3.63) is 64.2 Å². The Morgan fingerprint density at radius 3 is 2.50 bits per heavy atom. The number of esters is 2. The van der Waals surface area contributed by atoms with Gasteiger partial charge < -0.3 is 14.6 Å². The number of rotatable bonds is 7. The maximum Gasteiger partial charge on any atom is 0.341 e. The summed E-state index contributed by atoms with van der Waals surface area (Å²) in [6, 6.07) is 0. The second-order valence-corrected chi connectivity index (χ2v) is 15.8. The minimum Gasteiger partial charge on any atom is -0.504 e. The van der Waals surface area contributed by atoms with Gasteiger partial charge >= 0.3 is 11.9 Å². The number of hydrogen-bond acceptors (Lipinski definition) is 7. The van der Waals surface area contributed by atoms with Gasteiger partial charge in [-0.2, -0.15) is 5.10 Å². The van der Waals surface area contributed by atoms with Crippen molar-refractivity contribution in [2.75, 3.05) is 13.2 Å². The van der Waals surface area contributed by atoms with Crippen molar-refractivity contribution in [2.45, 2.75) is 106 Å². The molecule has 6 rings (SSSR count). The molecule has 0 aliphatic heterocycles. The first-order valence-corrected chi connectivity index (χ1v) is 17.1. The third-order valence-corrected chi connectivity index (χ3v) is 13.3. The zero-order valence-electron chi connectivity index (χ0n) is 28.6. The van der Waals surface area contributed by atoms with E-state index >= 15 is 0 Å². The number of aromatic nitrogens is 2. The van der Waals surface area contributed by atoms with Crippen LogP contribution in [0.5, 0.6) is 0 Å². The number of aliphatic hydroxyl groups is 1. The maximum atomic E-state index is 13.8. The van der Waals surface area contributed by atoms with Crippen molar-refractivity contribution in [3.8, 4) is 0 Å². The van der Waals surface area contributed by atoms with E-state index in [1.165, 1.54) is 11.8 Å². The van der Waals surface area contributed by atoms with Crippen LogP contribution in [-0.2, 0) is 25.6 Å². The van der Waals surface area contributed by atoms with Gasteiger partial charge in [-0.1, -0.05) is 45.4 Å². The zero-order valence-corrected chi connectivity index (χ0v) is 28.6. The molecule has 8 nitrogen and oxygen atoms in total. The highest BCUT2D eigenvalue weighted by molar-refractivity contribution is 6.06. The van der Waals surface area contributed by atoms with Crippen LogP contribution in [0.1, 0.15) is 110 Å². The van der Waals surface area contributed by atoms with Crippen LogP contribution in [0.25, 0.3) is 0 Å². The smallest absolute Gasteiger partial charge is 0.341 e. The molecular weight excluding hydrogens is 580 g/mol. The highest BCUT2D eigenvalue weighted by atomic mass is 16.5. The number of allylic oxidation sites excluding steroid dienone is 7. The van der Waals surface area contributed by atoms with Crippen molar-refractivity contribution >= 4 is 17.7 Å². The lowest BCUT2D eigenvalue weighted by atomic mass is 9.34. The molecule has 0 aromatic carbocycles. The number of aryl methyl sites for hydroxylation is 1. The van der Waals surface area contributed by atoms with Gasteiger partial charge in [-0.05, 0) is 105 Å². The van der Waals surface area contributed by atoms with Crippen LogP contribution in [0.3, 0.4) is 0 Å². The van der Waals surface area contributed by atoms with E-state index in [0.717, 1.165) is 56.1 Å². The number of carbonyl (C=O) groups excluding carboxylic acids is 3. The third kappa shape index (κ3) is 4.76. The zero-order chi connectivity index (χ0) is 33.3. The summed E-state index contributed by atoms with van der Waals surface area (Å²) in [6.45, 7) is 16.5. The summed E-state index contributed by atoms with van der Waals surface area (Å²) in [7, 11) is 0. The minimum absolute atomic E-state index is 0.0262. The first-order valence-electron chi connectivity index (χ1n) is 17.1. The van der Waals surface area contributed by atoms with Gasteiger partial charge in [-0.3, -0.25) is 14.3 Å². The van der Waals surface area contributed by atoms with Crippen molar-refractivity contribution in [1.82, 2.24) is 9.78 Å². The van der Waals surface area contributed by atoms with E-state index in [9.17, 15) is 19.5 Å². The number of carbonyl (C=O) groups is 3. The molecule has 248 valence electrons. The van der Waals surface area contributed by atoms with Gasteiger partial charge in [0.25, 0.3) is 0 Å². The van der Waals surface area contributed by atoms with Crippen LogP contribution in [0.4, 0.5) is 0 Å². The fourth-order valence-electron chi connectivity index (χ4n) is 10.0. The van der Waals surface area contributed by atoms with Crippen LogP contribution >= 0.6 is 0 Å². The average Bonchev–Trinajstić information content (AvgIpc) is 3.50. The summed E-state index contributed by atoms with van der Waals surface area (Å²) >= 11 is 0. The Morgan fingerprint density at radius 2 is 1.76 bits per heavy atom. The first kappa shape index (κ1) is 32.5. The van der Waals surface area contributed by atoms with Gasteiger partial charge in [0.05, 0.1) is 30.4 Å². The van der Waals surface area contributed by atoms with E-state index in [4.69, 9.17) is 9.47 Å². The van der Waals surface area contributed by atoms with E-state index < -0.39 is 5.41 Å². The Balaban J connectivity index is 1.19. The molecule has 0 bridgehead atoms. The number of aliphatic hydroxyl groups excluding tert-OH is 1. The van der Waals surface area contributed by atoms with Gasteiger partial charge in [-0.25, -0.2) is 4.79 Å². The van der Waals surface area contributed by atoms with Gasteiger partial charge in [0.1, 0.15) is 0 Å². The summed E-state index contributed by atoms with van der Waals surface area (Å²) in [4.78, 5) is 38.5. The van der Waals surface area contributed by atoms with Crippen LogP contribution < -0.4 is 0 Å². The fraction of sp³-hybridized carbons (Fsp3) is 0.632. The molecule has 5 aliphatic rings. The number of ether oxygens (including phenoxy) is 2.